The van der Waals surface area contributed by atoms with Gasteiger partial charge in [-0.25, -0.2) is 13.2 Å². The monoisotopic (exact) mass is 274 g/mol. The van der Waals surface area contributed by atoms with Crippen LogP contribution < -0.4 is 5.32 Å². The number of halogens is 3. The van der Waals surface area contributed by atoms with E-state index in [0.29, 0.717) is 25.6 Å². The van der Waals surface area contributed by atoms with Crippen LogP contribution >= 0.6 is 0 Å². The van der Waals surface area contributed by atoms with Crippen LogP contribution in [0.25, 0.3) is 0 Å². The number of rotatable bonds is 3. The zero-order chi connectivity index (χ0) is 14.0. The number of nitrogens with zero attached hydrogens (tertiary/aromatic N) is 1. The molecule has 19 heavy (non-hydrogen) atoms. The summed E-state index contributed by atoms with van der Waals surface area (Å²) in [6.07, 6.45) is 0.509. The predicted molar refractivity (Wildman–Crippen MR) is 65.5 cm³/mol. The highest BCUT2D eigenvalue weighted by molar-refractivity contribution is 5.37. The van der Waals surface area contributed by atoms with Gasteiger partial charge >= 0.3 is 0 Å². The quantitative estimate of drug-likeness (QED) is 0.829. The van der Waals surface area contributed by atoms with Crippen LogP contribution in [0.3, 0.4) is 0 Å². The third-order valence-electron chi connectivity index (χ3n) is 3.49. The zero-order valence-corrected chi connectivity index (χ0v) is 10.7. The minimum atomic E-state index is -1.53. The number of hydrogen-bond acceptors (Lipinski definition) is 3. The second-order valence-electron chi connectivity index (χ2n) is 4.63. The SMILES string of the molecule is CC[C@H](c1c(O)cc(F)c(F)c1F)N1CCNCC1. The van der Waals surface area contributed by atoms with Gasteiger partial charge in [0.2, 0.25) is 0 Å². The van der Waals surface area contributed by atoms with Gasteiger partial charge in [0.25, 0.3) is 0 Å². The molecule has 1 heterocycles. The lowest BCUT2D eigenvalue weighted by molar-refractivity contribution is 0.162. The van der Waals surface area contributed by atoms with Gasteiger partial charge in [-0.2, -0.15) is 0 Å². The summed E-state index contributed by atoms with van der Waals surface area (Å²) in [4.78, 5) is 1.96. The lowest BCUT2D eigenvalue weighted by atomic mass is 9.99. The van der Waals surface area contributed by atoms with Crippen molar-refractivity contribution in [2.45, 2.75) is 19.4 Å². The third-order valence-corrected chi connectivity index (χ3v) is 3.49. The maximum atomic E-state index is 13.9. The lowest BCUT2D eigenvalue weighted by Crippen LogP contribution is -2.45. The first kappa shape index (κ1) is 14.1. The fourth-order valence-corrected chi connectivity index (χ4v) is 2.55. The Bertz CT molecular complexity index is 462. The van der Waals surface area contributed by atoms with Gasteiger partial charge in [-0.3, -0.25) is 4.90 Å². The molecular formula is C13H17F3N2O. The van der Waals surface area contributed by atoms with Crippen LogP contribution in [0.4, 0.5) is 13.2 Å². The van der Waals surface area contributed by atoms with Crippen molar-refractivity contribution in [2.24, 2.45) is 0 Å². The second-order valence-corrected chi connectivity index (χ2v) is 4.63. The van der Waals surface area contributed by atoms with Crippen molar-refractivity contribution >= 4 is 0 Å². The van der Waals surface area contributed by atoms with Gasteiger partial charge < -0.3 is 10.4 Å². The van der Waals surface area contributed by atoms with Gasteiger partial charge in [-0.15, -0.1) is 0 Å². The number of nitrogens with one attached hydrogen (secondary N) is 1. The molecule has 0 aromatic heterocycles. The van der Waals surface area contributed by atoms with Crippen LogP contribution in [-0.4, -0.2) is 36.2 Å². The van der Waals surface area contributed by atoms with E-state index >= 15 is 0 Å². The van der Waals surface area contributed by atoms with E-state index in [4.69, 9.17) is 0 Å². The topological polar surface area (TPSA) is 35.5 Å². The van der Waals surface area contributed by atoms with E-state index in [1.165, 1.54) is 0 Å². The number of benzene rings is 1. The molecule has 1 atom stereocenters. The molecule has 0 radical (unpaired) electrons. The van der Waals surface area contributed by atoms with E-state index in [0.717, 1.165) is 13.1 Å². The van der Waals surface area contributed by atoms with E-state index in [1.54, 1.807) is 0 Å². The van der Waals surface area contributed by atoms with Crippen LogP contribution in [0.1, 0.15) is 24.9 Å². The number of phenols is 1. The smallest absolute Gasteiger partial charge is 0.195 e. The third kappa shape index (κ3) is 2.69. The first-order chi connectivity index (χ1) is 9.06. The fourth-order valence-electron chi connectivity index (χ4n) is 2.55. The predicted octanol–water partition coefficient (Wildman–Crippen LogP) is 2.17. The maximum absolute atomic E-state index is 13.9. The van der Waals surface area contributed by atoms with Crippen molar-refractivity contribution in [2.75, 3.05) is 26.2 Å². The molecule has 0 spiro atoms. The lowest BCUT2D eigenvalue weighted by Gasteiger charge is -2.35. The second kappa shape index (κ2) is 5.79. The minimum Gasteiger partial charge on any atom is -0.507 e. The normalized spacial score (nSPS) is 18.5. The molecule has 0 unspecified atom stereocenters. The van der Waals surface area contributed by atoms with Crippen molar-refractivity contribution in [1.29, 1.82) is 0 Å². The van der Waals surface area contributed by atoms with Crippen molar-refractivity contribution in [3.05, 3.63) is 29.1 Å². The Hall–Kier alpha value is -1.27. The first-order valence-corrected chi connectivity index (χ1v) is 6.37. The molecule has 1 aliphatic heterocycles. The molecule has 1 aromatic carbocycles. The molecule has 2 N–H and O–H groups in total. The molecule has 1 aliphatic rings. The highest BCUT2D eigenvalue weighted by Gasteiger charge is 2.29. The highest BCUT2D eigenvalue weighted by Crippen LogP contribution is 2.35. The Labute approximate surface area is 110 Å². The minimum absolute atomic E-state index is 0.150. The molecule has 0 aliphatic carbocycles. The van der Waals surface area contributed by atoms with Crippen molar-refractivity contribution < 1.29 is 18.3 Å². The van der Waals surface area contributed by atoms with Crippen molar-refractivity contribution in [3.8, 4) is 5.75 Å². The fraction of sp³-hybridized carbons (Fsp3) is 0.538. The number of phenolic OH excluding ortho intramolecular Hbond substituents is 1. The molecule has 1 aromatic rings. The van der Waals surface area contributed by atoms with Crippen LogP contribution in [0.2, 0.25) is 0 Å². The molecule has 2 rings (SSSR count). The van der Waals surface area contributed by atoms with Crippen LogP contribution in [0.15, 0.2) is 6.07 Å². The Morgan fingerprint density at radius 2 is 1.89 bits per heavy atom. The molecular weight excluding hydrogens is 257 g/mol. The summed E-state index contributed by atoms with van der Waals surface area (Å²) in [6.45, 7) is 4.69. The number of aromatic hydroxyl groups is 1. The summed E-state index contributed by atoms with van der Waals surface area (Å²) in [6, 6.07) is 0.190. The van der Waals surface area contributed by atoms with E-state index in [2.05, 4.69) is 5.32 Å². The summed E-state index contributed by atoms with van der Waals surface area (Å²) in [5.41, 5.74) is -0.150. The average Bonchev–Trinajstić information content (AvgIpc) is 2.42. The van der Waals surface area contributed by atoms with E-state index in [-0.39, 0.29) is 5.56 Å². The largest absolute Gasteiger partial charge is 0.507 e. The molecule has 0 amide bonds. The van der Waals surface area contributed by atoms with Gasteiger partial charge in [0.15, 0.2) is 17.5 Å². The van der Waals surface area contributed by atoms with Crippen molar-refractivity contribution in [1.82, 2.24) is 10.2 Å². The average molecular weight is 274 g/mol. The molecule has 6 heteroatoms. The summed E-state index contributed by atoms with van der Waals surface area (Å²) in [7, 11) is 0. The van der Waals surface area contributed by atoms with Gasteiger partial charge in [0.1, 0.15) is 5.75 Å². The standard InChI is InChI=1S/C13H17F3N2O/c1-2-9(18-5-3-17-4-6-18)11-10(19)7-8(14)12(15)13(11)16/h7,9,17,19H,2-6H2,1H3/t9-/m1/s1. The molecule has 106 valence electrons. The molecule has 1 saturated heterocycles. The summed E-state index contributed by atoms with van der Waals surface area (Å²) < 4.78 is 40.3. The number of hydrogen-bond donors (Lipinski definition) is 2. The summed E-state index contributed by atoms with van der Waals surface area (Å²) >= 11 is 0. The van der Waals surface area contributed by atoms with Crippen LogP contribution in [-0.2, 0) is 0 Å². The van der Waals surface area contributed by atoms with Gasteiger partial charge in [-0.05, 0) is 6.42 Å². The van der Waals surface area contributed by atoms with E-state index in [9.17, 15) is 18.3 Å². The van der Waals surface area contributed by atoms with E-state index in [1.807, 2.05) is 11.8 Å². The Morgan fingerprint density at radius 1 is 1.26 bits per heavy atom. The van der Waals surface area contributed by atoms with E-state index < -0.39 is 29.2 Å². The highest BCUT2D eigenvalue weighted by atomic mass is 19.2. The summed E-state index contributed by atoms with van der Waals surface area (Å²) in [5.74, 6) is -4.71. The van der Waals surface area contributed by atoms with Gasteiger partial charge in [0.05, 0.1) is 0 Å². The molecule has 0 saturated carbocycles. The van der Waals surface area contributed by atoms with Gasteiger partial charge in [0, 0.05) is 43.9 Å². The summed E-state index contributed by atoms with van der Waals surface area (Å²) in [5, 5.41) is 12.9. The number of piperazine rings is 1. The molecule has 0 bridgehead atoms. The molecule has 1 fully saturated rings. The van der Waals surface area contributed by atoms with Crippen LogP contribution in [0, 0.1) is 17.5 Å². The maximum Gasteiger partial charge on any atom is 0.195 e. The molecule has 3 nitrogen and oxygen atoms in total. The Morgan fingerprint density at radius 3 is 2.47 bits per heavy atom. The zero-order valence-electron chi connectivity index (χ0n) is 10.7. The van der Waals surface area contributed by atoms with Crippen molar-refractivity contribution in [3.63, 3.8) is 0 Å². The first-order valence-electron chi connectivity index (χ1n) is 6.37. The van der Waals surface area contributed by atoms with Crippen LogP contribution in [0.5, 0.6) is 5.75 Å². The Kier molecular flexibility index (Phi) is 4.31. The van der Waals surface area contributed by atoms with Gasteiger partial charge in [-0.1, -0.05) is 6.92 Å². The Balaban J connectivity index is 2.40.